The van der Waals surface area contributed by atoms with Crippen LogP contribution in [-0.2, 0) is 9.53 Å². The molecule has 0 unspecified atom stereocenters. The number of carbonyl (C=O) groups is 2. The maximum Gasteiger partial charge on any atom is 0.309 e. The lowest BCUT2D eigenvalue weighted by Gasteiger charge is -2.30. The third-order valence-electron chi connectivity index (χ3n) is 6.26. The Morgan fingerprint density at radius 3 is 2.46 bits per heavy atom. The molecule has 0 bridgehead atoms. The van der Waals surface area contributed by atoms with E-state index in [0.29, 0.717) is 55.4 Å². The lowest BCUT2D eigenvalue weighted by molar-refractivity contribution is -0.149. The van der Waals surface area contributed by atoms with Crippen molar-refractivity contribution in [3.8, 4) is 28.4 Å². The van der Waals surface area contributed by atoms with Gasteiger partial charge in [0.1, 0.15) is 17.2 Å². The molecule has 4 rings (SSSR count). The van der Waals surface area contributed by atoms with Gasteiger partial charge in [0.05, 0.1) is 38.1 Å². The number of carbonyl (C=O) groups excluding carboxylic acids is 2. The molecule has 184 valence electrons. The second kappa shape index (κ2) is 10.6. The van der Waals surface area contributed by atoms with Crippen molar-refractivity contribution in [1.82, 2.24) is 14.7 Å². The second-order valence-corrected chi connectivity index (χ2v) is 8.55. The highest BCUT2D eigenvalue weighted by atomic mass is 16.5. The first-order valence-electron chi connectivity index (χ1n) is 11.8. The van der Waals surface area contributed by atoms with Crippen molar-refractivity contribution in [2.24, 2.45) is 5.92 Å². The summed E-state index contributed by atoms with van der Waals surface area (Å²) in [4.78, 5) is 27.6. The zero-order valence-electron chi connectivity index (χ0n) is 20.6. The Hall–Kier alpha value is -3.81. The van der Waals surface area contributed by atoms with Crippen LogP contribution in [0.3, 0.4) is 0 Å². The van der Waals surface area contributed by atoms with Crippen LogP contribution >= 0.6 is 0 Å². The molecule has 0 atom stereocenters. The van der Waals surface area contributed by atoms with E-state index in [9.17, 15) is 9.59 Å². The van der Waals surface area contributed by atoms with Crippen molar-refractivity contribution < 1.29 is 23.8 Å². The maximum atomic E-state index is 13.7. The van der Waals surface area contributed by atoms with E-state index >= 15 is 0 Å². The number of rotatable bonds is 7. The van der Waals surface area contributed by atoms with Gasteiger partial charge in [-0.25, -0.2) is 4.68 Å². The summed E-state index contributed by atoms with van der Waals surface area (Å²) in [5.74, 6) is 0.801. The van der Waals surface area contributed by atoms with Crippen LogP contribution in [-0.4, -0.2) is 60.5 Å². The largest absolute Gasteiger partial charge is 0.497 e. The molecule has 8 heteroatoms. The predicted octanol–water partition coefficient (Wildman–Crippen LogP) is 4.28. The van der Waals surface area contributed by atoms with Crippen molar-refractivity contribution in [3.05, 3.63) is 59.8 Å². The highest BCUT2D eigenvalue weighted by molar-refractivity contribution is 5.95. The first kappa shape index (κ1) is 24.3. The summed E-state index contributed by atoms with van der Waals surface area (Å²) in [5, 5.41) is 4.81. The second-order valence-electron chi connectivity index (χ2n) is 8.55. The number of hydrogen-bond acceptors (Lipinski definition) is 6. The van der Waals surface area contributed by atoms with Crippen molar-refractivity contribution in [2.75, 3.05) is 33.9 Å². The molecule has 0 N–H and O–H groups in total. The molecule has 1 aliphatic rings. The SMILES string of the molecule is CCOC(=O)C1CCN(C(=O)c2cc(-c3ccc(OC)cc3OC)nn2-c2cccc(C)c2)CC1. The Morgan fingerprint density at radius 1 is 1.03 bits per heavy atom. The predicted molar refractivity (Wildman–Crippen MR) is 132 cm³/mol. The van der Waals surface area contributed by atoms with E-state index in [0.717, 1.165) is 16.8 Å². The van der Waals surface area contributed by atoms with Gasteiger partial charge in [0.25, 0.3) is 5.91 Å². The molecule has 0 saturated carbocycles. The molecule has 0 aliphatic carbocycles. The Morgan fingerprint density at radius 2 is 1.80 bits per heavy atom. The number of piperidine rings is 1. The number of hydrogen-bond donors (Lipinski definition) is 0. The van der Waals surface area contributed by atoms with Crippen LogP contribution in [0.15, 0.2) is 48.5 Å². The summed E-state index contributed by atoms with van der Waals surface area (Å²) in [6.45, 7) is 5.15. The van der Waals surface area contributed by atoms with Crippen LogP contribution in [0.1, 0.15) is 35.8 Å². The number of ether oxygens (including phenoxy) is 3. The van der Waals surface area contributed by atoms with Crippen molar-refractivity contribution in [2.45, 2.75) is 26.7 Å². The quantitative estimate of drug-likeness (QED) is 0.473. The summed E-state index contributed by atoms with van der Waals surface area (Å²) in [6, 6.07) is 15.2. The molecule has 1 amide bonds. The van der Waals surface area contributed by atoms with Crippen LogP contribution < -0.4 is 9.47 Å². The minimum absolute atomic E-state index is 0.125. The van der Waals surface area contributed by atoms with Crippen LogP contribution in [0.4, 0.5) is 0 Å². The Bertz CT molecular complexity index is 1210. The van der Waals surface area contributed by atoms with E-state index in [1.54, 1.807) is 42.9 Å². The van der Waals surface area contributed by atoms with E-state index < -0.39 is 0 Å². The zero-order chi connectivity index (χ0) is 24.9. The molecule has 3 aromatic rings. The fraction of sp³-hybridized carbons (Fsp3) is 0.370. The average molecular weight is 478 g/mol. The van der Waals surface area contributed by atoms with E-state index in [1.165, 1.54) is 0 Å². The lowest BCUT2D eigenvalue weighted by Crippen LogP contribution is -2.41. The van der Waals surface area contributed by atoms with E-state index in [2.05, 4.69) is 0 Å². The monoisotopic (exact) mass is 477 g/mol. The molecular weight excluding hydrogens is 446 g/mol. The number of esters is 1. The molecule has 35 heavy (non-hydrogen) atoms. The van der Waals surface area contributed by atoms with Gasteiger partial charge < -0.3 is 19.1 Å². The number of nitrogens with zero attached hydrogens (tertiary/aromatic N) is 3. The number of benzene rings is 2. The van der Waals surface area contributed by atoms with Crippen LogP contribution in [0, 0.1) is 12.8 Å². The van der Waals surface area contributed by atoms with E-state index in [4.69, 9.17) is 19.3 Å². The Labute approximate surface area is 205 Å². The normalized spacial score (nSPS) is 14.0. The Balaban J connectivity index is 1.69. The van der Waals surface area contributed by atoms with Gasteiger partial charge in [0, 0.05) is 24.7 Å². The number of aryl methyl sites for hydroxylation is 1. The molecule has 0 spiro atoms. The van der Waals surface area contributed by atoms with Crippen molar-refractivity contribution in [3.63, 3.8) is 0 Å². The molecule has 1 fully saturated rings. The third-order valence-corrected chi connectivity index (χ3v) is 6.26. The van der Waals surface area contributed by atoms with E-state index in [-0.39, 0.29) is 17.8 Å². The van der Waals surface area contributed by atoms with Gasteiger partial charge >= 0.3 is 5.97 Å². The number of amides is 1. The number of methoxy groups -OCH3 is 2. The summed E-state index contributed by atoms with van der Waals surface area (Å²) >= 11 is 0. The standard InChI is InChI=1S/C27H31N3O5/c1-5-35-27(32)19-11-13-29(14-12-19)26(31)24-17-23(22-10-9-21(33-3)16-25(22)34-4)28-30(24)20-8-6-7-18(2)15-20/h6-10,15-17,19H,5,11-14H2,1-4H3. The maximum absolute atomic E-state index is 13.7. The minimum atomic E-state index is -0.182. The van der Waals surface area contributed by atoms with Crippen LogP contribution in [0.2, 0.25) is 0 Å². The van der Waals surface area contributed by atoms with Gasteiger partial charge in [0.2, 0.25) is 0 Å². The summed E-state index contributed by atoms with van der Waals surface area (Å²) in [6.07, 6.45) is 1.17. The zero-order valence-corrected chi connectivity index (χ0v) is 20.6. The molecule has 0 radical (unpaired) electrons. The molecule has 8 nitrogen and oxygen atoms in total. The van der Waals surface area contributed by atoms with Crippen LogP contribution in [0.25, 0.3) is 16.9 Å². The lowest BCUT2D eigenvalue weighted by atomic mass is 9.97. The van der Waals surface area contributed by atoms with Gasteiger partial charge in [-0.3, -0.25) is 9.59 Å². The highest BCUT2D eigenvalue weighted by Gasteiger charge is 2.31. The van der Waals surface area contributed by atoms with Crippen molar-refractivity contribution in [1.29, 1.82) is 0 Å². The number of likely N-dealkylation sites (tertiary alicyclic amines) is 1. The molecular formula is C27H31N3O5. The van der Waals surface area contributed by atoms with E-state index in [1.807, 2.05) is 43.3 Å². The van der Waals surface area contributed by atoms with Gasteiger partial charge in [-0.15, -0.1) is 0 Å². The fourth-order valence-electron chi connectivity index (χ4n) is 4.37. The Kier molecular flexibility index (Phi) is 7.39. The number of aromatic nitrogens is 2. The van der Waals surface area contributed by atoms with Gasteiger partial charge in [0.15, 0.2) is 0 Å². The average Bonchev–Trinajstić information content (AvgIpc) is 3.33. The fourth-order valence-corrected chi connectivity index (χ4v) is 4.37. The van der Waals surface area contributed by atoms with Gasteiger partial charge in [-0.05, 0) is 62.6 Å². The first-order valence-corrected chi connectivity index (χ1v) is 11.8. The summed E-state index contributed by atoms with van der Waals surface area (Å²) in [5.41, 5.74) is 3.70. The molecule has 1 aromatic heterocycles. The highest BCUT2D eigenvalue weighted by Crippen LogP contribution is 2.34. The third kappa shape index (κ3) is 5.16. The molecule has 1 aliphatic heterocycles. The van der Waals surface area contributed by atoms with Gasteiger partial charge in [-0.2, -0.15) is 5.10 Å². The first-order chi connectivity index (χ1) is 16.9. The summed E-state index contributed by atoms with van der Waals surface area (Å²) < 4.78 is 17.7. The van der Waals surface area contributed by atoms with Crippen LogP contribution in [0.5, 0.6) is 11.5 Å². The molecule has 2 heterocycles. The summed E-state index contributed by atoms with van der Waals surface area (Å²) in [7, 11) is 3.19. The van der Waals surface area contributed by atoms with Crippen molar-refractivity contribution >= 4 is 11.9 Å². The smallest absolute Gasteiger partial charge is 0.309 e. The minimum Gasteiger partial charge on any atom is -0.497 e. The molecule has 2 aromatic carbocycles. The van der Waals surface area contributed by atoms with Gasteiger partial charge in [-0.1, -0.05) is 12.1 Å². The molecule has 1 saturated heterocycles. The topological polar surface area (TPSA) is 82.9 Å².